The fourth-order valence-corrected chi connectivity index (χ4v) is 2.42. The lowest BCUT2D eigenvalue weighted by Crippen LogP contribution is -2.02. The molecule has 2 heterocycles. The Morgan fingerprint density at radius 2 is 1.54 bits per heavy atom. The van der Waals surface area contributed by atoms with Crippen molar-refractivity contribution < 1.29 is 14.2 Å². The second-order valence-electron chi connectivity index (χ2n) is 5.29. The van der Waals surface area contributed by atoms with Crippen LogP contribution in [0.5, 0.6) is 17.2 Å². The Bertz CT molecular complexity index is 871. The average Bonchev–Trinajstić information content (AvgIpc) is 3.05. The van der Waals surface area contributed by atoms with E-state index in [0.29, 0.717) is 28.9 Å². The highest BCUT2D eigenvalue weighted by molar-refractivity contribution is 5.68. The summed E-state index contributed by atoms with van der Waals surface area (Å²) in [5, 5.41) is 10.5. The summed E-state index contributed by atoms with van der Waals surface area (Å²) in [6, 6.07) is 7.25. The molecule has 0 amide bonds. The molecule has 136 valence electrons. The molecule has 0 unspecified atom stereocenters. The lowest BCUT2D eigenvalue weighted by molar-refractivity contribution is 0.324. The third-order valence-electron chi connectivity index (χ3n) is 3.68. The molecule has 0 aliphatic rings. The van der Waals surface area contributed by atoms with Crippen molar-refractivity contribution in [3.05, 3.63) is 36.8 Å². The fourth-order valence-electron chi connectivity index (χ4n) is 2.42. The molecular weight excluding hydrogens is 336 g/mol. The summed E-state index contributed by atoms with van der Waals surface area (Å²) in [6.45, 7) is 0. The first-order valence-corrected chi connectivity index (χ1v) is 7.78. The van der Waals surface area contributed by atoms with Gasteiger partial charge in [-0.05, 0) is 0 Å². The first-order chi connectivity index (χ1) is 12.6. The molecule has 2 aromatic heterocycles. The minimum absolute atomic E-state index is 0.529. The van der Waals surface area contributed by atoms with Crippen LogP contribution in [0.4, 0.5) is 23.1 Å². The monoisotopic (exact) mass is 356 g/mol. The SMILES string of the molecule is COc1cc(Nc2cc(Nc3ccnn3C)ncn2)cc(OC)c1OC. The number of hydrogen-bond acceptors (Lipinski definition) is 8. The van der Waals surface area contributed by atoms with Gasteiger partial charge >= 0.3 is 0 Å². The number of benzene rings is 1. The lowest BCUT2D eigenvalue weighted by Gasteiger charge is -2.15. The molecular formula is C17H20N6O3. The highest BCUT2D eigenvalue weighted by atomic mass is 16.5. The molecule has 9 heteroatoms. The molecule has 0 aliphatic carbocycles. The van der Waals surface area contributed by atoms with Crippen molar-refractivity contribution >= 4 is 23.1 Å². The summed E-state index contributed by atoms with van der Waals surface area (Å²) in [4.78, 5) is 8.46. The van der Waals surface area contributed by atoms with Gasteiger partial charge in [0, 0.05) is 37.0 Å². The molecule has 0 atom stereocenters. The Balaban J connectivity index is 1.85. The number of methoxy groups -OCH3 is 3. The molecule has 9 nitrogen and oxygen atoms in total. The summed E-state index contributed by atoms with van der Waals surface area (Å²) >= 11 is 0. The maximum Gasteiger partial charge on any atom is 0.203 e. The summed E-state index contributed by atoms with van der Waals surface area (Å²) in [6.07, 6.45) is 3.18. The molecule has 0 spiro atoms. The van der Waals surface area contributed by atoms with E-state index in [-0.39, 0.29) is 0 Å². The van der Waals surface area contributed by atoms with Gasteiger partial charge in [-0.25, -0.2) is 9.97 Å². The Morgan fingerprint density at radius 3 is 2.08 bits per heavy atom. The van der Waals surface area contributed by atoms with E-state index in [2.05, 4.69) is 25.7 Å². The van der Waals surface area contributed by atoms with Gasteiger partial charge in [0.1, 0.15) is 23.8 Å². The van der Waals surface area contributed by atoms with Crippen LogP contribution in [0.1, 0.15) is 0 Å². The number of ether oxygens (including phenoxy) is 3. The third kappa shape index (κ3) is 3.61. The average molecular weight is 356 g/mol. The van der Waals surface area contributed by atoms with E-state index >= 15 is 0 Å². The Morgan fingerprint density at radius 1 is 0.885 bits per heavy atom. The van der Waals surface area contributed by atoms with Crippen LogP contribution in [-0.4, -0.2) is 41.1 Å². The van der Waals surface area contributed by atoms with Gasteiger partial charge in [0.15, 0.2) is 11.5 Å². The second kappa shape index (κ2) is 7.60. The maximum atomic E-state index is 5.36. The van der Waals surface area contributed by atoms with Gasteiger partial charge in [-0.3, -0.25) is 4.68 Å². The number of nitrogens with one attached hydrogen (secondary N) is 2. The summed E-state index contributed by atoms with van der Waals surface area (Å²) < 4.78 is 17.8. The smallest absolute Gasteiger partial charge is 0.203 e. The molecule has 0 saturated carbocycles. The molecule has 2 N–H and O–H groups in total. The van der Waals surface area contributed by atoms with Crippen molar-refractivity contribution in [3.63, 3.8) is 0 Å². The highest BCUT2D eigenvalue weighted by Gasteiger charge is 2.13. The third-order valence-corrected chi connectivity index (χ3v) is 3.68. The zero-order chi connectivity index (χ0) is 18.5. The molecule has 1 aromatic carbocycles. The van der Waals surface area contributed by atoms with Crippen LogP contribution in [0.25, 0.3) is 0 Å². The predicted octanol–water partition coefficient (Wildman–Crippen LogP) is 2.72. The number of rotatable bonds is 7. The Kier molecular flexibility index (Phi) is 5.07. The zero-order valence-electron chi connectivity index (χ0n) is 15.0. The number of aromatic nitrogens is 4. The van der Waals surface area contributed by atoms with Gasteiger partial charge < -0.3 is 24.8 Å². The van der Waals surface area contributed by atoms with Crippen molar-refractivity contribution in [2.45, 2.75) is 0 Å². The summed E-state index contributed by atoms with van der Waals surface area (Å²) in [5.74, 6) is 3.70. The van der Waals surface area contributed by atoms with E-state index < -0.39 is 0 Å². The normalized spacial score (nSPS) is 10.3. The number of hydrogen-bond donors (Lipinski definition) is 2. The molecule has 26 heavy (non-hydrogen) atoms. The van der Waals surface area contributed by atoms with Gasteiger partial charge in [-0.1, -0.05) is 0 Å². The van der Waals surface area contributed by atoms with Gasteiger partial charge in [-0.2, -0.15) is 5.10 Å². The van der Waals surface area contributed by atoms with Crippen LogP contribution in [0.2, 0.25) is 0 Å². The van der Waals surface area contributed by atoms with Gasteiger partial charge in [0.05, 0.1) is 27.5 Å². The highest BCUT2D eigenvalue weighted by Crippen LogP contribution is 2.40. The molecule has 0 radical (unpaired) electrons. The minimum atomic E-state index is 0.529. The van der Waals surface area contributed by atoms with Crippen molar-refractivity contribution in [1.82, 2.24) is 19.7 Å². The van der Waals surface area contributed by atoms with Gasteiger partial charge in [-0.15, -0.1) is 0 Å². The maximum absolute atomic E-state index is 5.36. The van der Waals surface area contributed by atoms with Crippen molar-refractivity contribution in [3.8, 4) is 17.2 Å². The van der Waals surface area contributed by atoms with Crippen LogP contribution in [0, 0.1) is 0 Å². The Hall–Kier alpha value is -3.49. The molecule has 3 rings (SSSR count). The first-order valence-electron chi connectivity index (χ1n) is 7.78. The minimum Gasteiger partial charge on any atom is -0.493 e. The van der Waals surface area contributed by atoms with Crippen LogP contribution < -0.4 is 24.8 Å². The van der Waals surface area contributed by atoms with Crippen molar-refractivity contribution in [2.24, 2.45) is 7.05 Å². The van der Waals surface area contributed by atoms with Gasteiger partial charge in [0.25, 0.3) is 0 Å². The molecule has 0 aliphatic heterocycles. The van der Waals surface area contributed by atoms with E-state index in [9.17, 15) is 0 Å². The standard InChI is InChI=1S/C17H20N6O3/c1-23-16(5-6-20-23)22-15-9-14(18-10-19-15)21-11-7-12(24-2)17(26-4)13(8-11)25-3/h5-10H,1-4H3,(H2,18,19,21,22). The van der Waals surface area contributed by atoms with Crippen LogP contribution >= 0.6 is 0 Å². The topological polar surface area (TPSA) is 95.4 Å². The van der Waals surface area contributed by atoms with Gasteiger partial charge in [0.2, 0.25) is 5.75 Å². The van der Waals surface area contributed by atoms with E-state index in [1.165, 1.54) is 6.33 Å². The van der Waals surface area contributed by atoms with Crippen LogP contribution in [0.15, 0.2) is 36.8 Å². The number of nitrogens with zero attached hydrogens (tertiary/aromatic N) is 4. The number of aryl methyl sites for hydroxylation is 1. The first kappa shape index (κ1) is 17.3. The van der Waals surface area contributed by atoms with E-state index in [1.807, 2.05) is 13.1 Å². The number of anilines is 4. The summed E-state index contributed by atoms with van der Waals surface area (Å²) in [7, 11) is 6.55. The molecule has 0 fully saturated rings. The van der Waals surface area contributed by atoms with E-state index in [4.69, 9.17) is 14.2 Å². The van der Waals surface area contributed by atoms with E-state index in [1.54, 1.807) is 50.4 Å². The quantitative estimate of drug-likeness (QED) is 0.667. The van der Waals surface area contributed by atoms with Crippen LogP contribution in [-0.2, 0) is 7.05 Å². The second-order valence-corrected chi connectivity index (χ2v) is 5.29. The molecule has 3 aromatic rings. The lowest BCUT2D eigenvalue weighted by atomic mass is 10.2. The van der Waals surface area contributed by atoms with Crippen molar-refractivity contribution in [2.75, 3.05) is 32.0 Å². The van der Waals surface area contributed by atoms with Crippen LogP contribution in [0.3, 0.4) is 0 Å². The Labute approximate surface area is 150 Å². The molecule has 0 bridgehead atoms. The van der Waals surface area contributed by atoms with E-state index in [0.717, 1.165) is 11.5 Å². The predicted molar refractivity (Wildman–Crippen MR) is 97.9 cm³/mol. The summed E-state index contributed by atoms with van der Waals surface area (Å²) in [5.41, 5.74) is 0.740. The zero-order valence-corrected chi connectivity index (χ0v) is 15.0. The molecule has 0 saturated heterocycles. The fraction of sp³-hybridized carbons (Fsp3) is 0.235. The largest absolute Gasteiger partial charge is 0.493 e. The van der Waals surface area contributed by atoms with Crippen molar-refractivity contribution in [1.29, 1.82) is 0 Å².